The highest BCUT2D eigenvalue weighted by molar-refractivity contribution is 6.33. The summed E-state index contributed by atoms with van der Waals surface area (Å²) in [6.07, 6.45) is -6.19. The van der Waals surface area contributed by atoms with E-state index in [4.69, 9.17) is 31.5 Å². The number of amides is 4. The fourth-order valence-corrected chi connectivity index (χ4v) is 7.84. The highest BCUT2D eigenvalue weighted by Crippen LogP contribution is 2.38. The lowest BCUT2D eigenvalue weighted by Gasteiger charge is -2.39. The van der Waals surface area contributed by atoms with E-state index in [1.54, 1.807) is 29.2 Å². The summed E-state index contributed by atoms with van der Waals surface area (Å²) in [5, 5.41) is 2.62. The zero-order valence-corrected chi connectivity index (χ0v) is 34.1. The molecule has 2 fully saturated rings. The third kappa shape index (κ3) is 10.7. The van der Waals surface area contributed by atoms with E-state index in [9.17, 15) is 37.1 Å². The molecule has 6 rings (SSSR count). The number of esters is 2. The number of nitrogens with two attached hydrogens (primary N) is 1. The van der Waals surface area contributed by atoms with Gasteiger partial charge in [0.1, 0.15) is 0 Å². The maximum atomic E-state index is 14.1. The molecule has 18 heteroatoms. The Balaban J connectivity index is 1.09. The molecule has 0 aliphatic carbocycles. The average molecular weight is 857 g/mol. The smallest absolute Gasteiger partial charge is 0.418 e. The molecular formula is C42H48ClF3N6O8. The number of alkyl halides is 3. The van der Waals surface area contributed by atoms with E-state index in [2.05, 4.69) is 5.32 Å². The molecule has 322 valence electrons. The standard InChI is InChI=1S/C42H48ClF3N6O8/c1-3-6-36(53)58-26(2)59-39(55)29-9-11-30(12-10-29)49-19-21-50(22-20-49)38(54)35(25-27-23-32(42(44,45)46)37(47)33(43)24-27)60-41(57)51-16-14-31(15-17-51)52-18-13-28-7-4-5-8-34(28)48-40(52)56/h4-5,7-12,23-24,26,31,35H,3,6,13-22,25,47H2,1-2H3,(H,48,56)/t26?,35-/m1/s1. The Kier molecular flexibility index (Phi) is 14.0. The van der Waals surface area contributed by atoms with E-state index >= 15 is 0 Å². The molecule has 0 saturated carbocycles. The van der Waals surface area contributed by atoms with Crippen molar-refractivity contribution in [2.45, 2.75) is 77.0 Å². The number of hydrogen-bond acceptors (Lipinski definition) is 10. The molecule has 0 aromatic heterocycles. The number of nitrogen functional groups attached to an aromatic ring is 1. The monoisotopic (exact) mass is 856 g/mol. The zero-order chi connectivity index (χ0) is 43.1. The number of nitrogens with zero attached hydrogens (tertiary/aromatic N) is 4. The first kappa shape index (κ1) is 43.9. The normalized spacial score (nSPS) is 17.2. The molecule has 3 aromatic carbocycles. The van der Waals surface area contributed by atoms with Gasteiger partial charge in [0.25, 0.3) is 5.91 Å². The van der Waals surface area contributed by atoms with Gasteiger partial charge in [-0.3, -0.25) is 9.59 Å². The number of carbonyl (C=O) groups is 5. The third-order valence-corrected chi connectivity index (χ3v) is 11.1. The van der Waals surface area contributed by atoms with Gasteiger partial charge in [-0.1, -0.05) is 36.7 Å². The SMILES string of the molecule is CCCC(=O)OC(C)OC(=O)c1ccc(N2CCN(C(=O)[C@@H](Cc3cc(Cl)c(N)c(C(F)(F)F)c3)OC(=O)N3CCC(N4CCc5ccccc5NC4=O)CC3)CC2)cc1. The van der Waals surface area contributed by atoms with Gasteiger partial charge in [0.2, 0.25) is 6.29 Å². The molecule has 4 amide bonds. The van der Waals surface area contributed by atoms with E-state index in [0.29, 0.717) is 45.3 Å². The van der Waals surface area contributed by atoms with Crippen LogP contribution < -0.4 is 16.0 Å². The number of rotatable bonds is 11. The number of halogens is 4. The van der Waals surface area contributed by atoms with Gasteiger partial charge in [0.05, 0.1) is 21.8 Å². The lowest BCUT2D eigenvalue weighted by atomic mass is 10.0. The van der Waals surface area contributed by atoms with E-state index in [0.717, 1.165) is 23.0 Å². The van der Waals surface area contributed by atoms with Crippen molar-refractivity contribution in [3.63, 3.8) is 0 Å². The molecule has 14 nitrogen and oxygen atoms in total. The maximum absolute atomic E-state index is 14.1. The number of likely N-dealkylation sites (tertiary alicyclic amines) is 1. The van der Waals surface area contributed by atoms with Crippen LogP contribution in [0.15, 0.2) is 60.7 Å². The molecule has 3 N–H and O–H groups in total. The van der Waals surface area contributed by atoms with Crippen LogP contribution in [-0.2, 0) is 42.8 Å². The number of urea groups is 1. The fourth-order valence-electron chi connectivity index (χ4n) is 7.60. The number of carbonyl (C=O) groups excluding carboxylic acids is 5. The molecule has 3 aromatic rings. The summed E-state index contributed by atoms with van der Waals surface area (Å²) in [5.41, 5.74) is 6.65. The summed E-state index contributed by atoms with van der Waals surface area (Å²) in [5.74, 6) is -1.73. The number of benzene rings is 3. The summed E-state index contributed by atoms with van der Waals surface area (Å²) >= 11 is 6.12. The van der Waals surface area contributed by atoms with Crippen LogP contribution in [-0.4, -0.2) is 109 Å². The number of para-hydroxylation sites is 1. The Morgan fingerprint density at radius 3 is 2.25 bits per heavy atom. The van der Waals surface area contributed by atoms with Crippen LogP contribution >= 0.6 is 11.6 Å². The van der Waals surface area contributed by atoms with Crippen LogP contribution in [0.5, 0.6) is 0 Å². The van der Waals surface area contributed by atoms with E-state index in [-0.39, 0.29) is 60.8 Å². The minimum atomic E-state index is -4.83. The Hall–Kier alpha value is -5.71. The van der Waals surface area contributed by atoms with Crippen molar-refractivity contribution in [2.24, 2.45) is 0 Å². The molecule has 3 aliphatic rings. The van der Waals surface area contributed by atoms with Gasteiger partial charge >= 0.3 is 30.2 Å². The molecular weight excluding hydrogens is 809 g/mol. The minimum absolute atomic E-state index is 0.00493. The first-order chi connectivity index (χ1) is 28.6. The van der Waals surface area contributed by atoms with Gasteiger partial charge in [0, 0.05) is 83.0 Å². The van der Waals surface area contributed by atoms with Gasteiger partial charge in [-0.15, -0.1) is 0 Å². The number of fused-ring (bicyclic) bond motifs is 1. The van der Waals surface area contributed by atoms with Crippen LogP contribution in [0.2, 0.25) is 5.02 Å². The Labute approximate surface area is 350 Å². The van der Waals surface area contributed by atoms with Gasteiger partial charge < -0.3 is 44.9 Å². The highest BCUT2D eigenvalue weighted by Gasteiger charge is 2.38. The highest BCUT2D eigenvalue weighted by atomic mass is 35.5. The summed E-state index contributed by atoms with van der Waals surface area (Å²) in [4.78, 5) is 72.0. The van der Waals surface area contributed by atoms with E-state index in [1.165, 1.54) is 22.8 Å². The topological polar surface area (TPSA) is 164 Å². The summed E-state index contributed by atoms with van der Waals surface area (Å²) in [6, 6.07) is 15.9. The van der Waals surface area contributed by atoms with Gasteiger partial charge in [0.15, 0.2) is 6.10 Å². The fraction of sp³-hybridized carbons (Fsp3) is 0.452. The summed E-state index contributed by atoms with van der Waals surface area (Å²) in [7, 11) is 0. The average Bonchev–Trinajstić information content (AvgIpc) is 3.39. The largest absolute Gasteiger partial charge is 0.436 e. The first-order valence-corrected chi connectivity index (χ1v) is 20.3. The van der Waals surface area contributed by atoms with Crippen LogP contribution in [0.4, 0.5) is 39.8 Å². The first-order valence-electron chi connectivity index (χ1n) is 19.9. The van der Waals surface area contributed by atoms with Gasteiger partial charge in [-0.2, -0.15) is 13.2 Å². The van der Waals surface area contributed by atoms with Crippen LogP contribution in [0.3, 0.4) is 0 Å². The second-order valence-corrected chi connectivity index (χ2v) is 15.3. The predicted molar refractivity (Wildman–Crippen MR) is 216 cm³/mol. The molecule has 3 aliphatic heterocycles. The number of piperazine rings is 1. The molecule has 60 heavy (non-hydrogen) atoms. The van der Waals surface area contributed by atoms with Crippen molar-refractivity contribution in [1.29, 1.82) is 0 Å². The van der Waals surface area contributed by atoms with Crippen molar-refractivity contribution in [2.75, 3.05) is 61.8 Å². The molecule has 0 radical (unpaired) electrons. The third-order valence-electron chi connectivity index (χ3n) is 10.8. The zero-order valence-electron chi connectivity index (χ0n) is 33.3. The molecule has 0 spiro atoms. The molecule has 3 heterocycles. The maximum Gasteiger partial charge on any atom is 0.418 e. The number of ether oxygens (including phenoxy) is 3. The summed E-state index contributed by atoms with van der Waals surface area (Å²) < 4.78 is 57.9. The Morgan fingerprint density at radius 1 is 0.900 bits per heavy atom. The lowest BCUT2D eigenvalue weighted by molar-refractivity contribution is -0.165. The van der Waals surface area contributed by atoms with E-state index in [1.807, 2.05) is 36.1 Å². The van der Waals surface area contributed by atoms with Crippen LogP contribution in [0.25, 0.3) is 0 Å². The van der Waals surface area contributed by atoms with E-state index < -0.39 is 60.2 Å². The Morgan fingerprint density at radius 2 is 1.58 bits per heavy atom. The number of nitrogens with one attached hydrogen (secondary N) is 1. The number of anilines is 3. The summed E-state index contributed by atoms with van der Waals surface area (Å²) in [6.45, 7) is 5.35. The van der Waals surface area contributed by atoms with Crippen molar-refractivity contribution in [3.8, 4) is 0 Å². The minimum Gasteiger partial charge on any atom is -0.436 e. The molecule has 2 atom stereocenters. The second kappa shape index (κ2) is 19.1. The van der Waals surface area contributed by atoms with Crippen molar-refractivity contribution in [3.05, 3.63) is 87.9 Å². The van der Waals surface area contributed by atoms with Crippen LogP contribution in [0.1, 0.15) is 66.6 Å². The number of piperidine rings is 1. The lowest BCUT2D eigenvalue weighted by Crippen LogP contribution is -2.54. The molecule has 0 bridgehead atoms. The van der Waals surface area contributed by atoms with Gasteiger partial charge in [-0.25, -0.2) is 14.4 Å². The molecule has 2 saturated heterocycles. The van der Waals surface area contributed by atoms with Crippen molar-refractivity contribution < 1.29 is 51.4 Å². The predicted octanol–water partition coefficient (Wildman–Crippen LogP) is 6.74. The second-order valence-electron chi connectivity index (χ2n) is 14.9. The molecule has 1 unspecified atom stereocenters. The van der Waals surface area contributed by atoms with Gasteiger partial charge in [-0.05, 0) is 79.3 Å². The van der Waals surface area contributed by atoms with Crippen LogP contribution in [0, 0.1) is 0 Å². The van der Waals surface area contributed by atoms with Crippen molar-refractivity contribution >= 4 is 58.6 Å². The quantitative estimate of drug-likeness (QED) is 0.120. The number of hydrogen-bond donors (Lipinski definition) is 2. The van der Waals surface area contributed by atoms with Crippen molar-refractivity contribution in [1.82, 2.24) is 14.7 Å². The Bertz CT molecular complexity index is 2060.